The maximum absolute atomic E-state index is 10.4. The molecule has 1 aromatic heterocycles. The molecule has 15 heavy (non-hydrogen) atoms. The van der Waals surface area contributed by atoms with Gasteiger partial charge in [0, 0.05) is 6.54 Å². The maximum atomic E-state index is 10.4. The first-order valence-corrected chi connectivity index (χ1v) is 5.54. The fourth-order valence-electron chi connectivity index (χ4n) is 1.29. The molecule has 0 fully saturated rings. The molecule has 1 unspecified atom stereocenters. The molecule has 1 atom stereocenters. The van der Waals surface area contributed by atoms with Crippen LogP contribution in [0.15, 0.2) is 12.4 Å². The van der Waals surface area contributed by atoms with Crippen LogP contribution in [0.25, 0.3) is 0 Å². The van der Waals surface area contributed by atoms with Gasteiger partial charge in [-0.25, -0.2) is 0 Å². The van der Waals surface area contributed by atoms with Gasteiger partial charge in [0.1, 0.15) is 12.4 Å². The average molecular weight is 229 g/mol. The van der Waals surface area contributed by atoms with E-state index in [1.807, 2.05) is 0 Å². The number of nitrogens with zero attached hydrogens (tertiary/aromatic N) is 3. The van der Waals surface area contributed by atoms with Crippen molar-refractivity contribution in [1.29, 1.82) is 0 Å². The Balaban J connectivity index is 2.40. The number of thiol groups is 1. The molecule has 0 saturated carbocycles. The van der Waals surface area contributed by atoms with E-state index < -0.39 is 4.92 Å². The van der Waals surface area contributed by atoms with Gasteiger partial charge in [-0.3, -0.25) is 14.8 Å². The highest BCUT2D eigenvalue weighted by Gasteiger charge is 2.09. The van der Waals surface area contributed by atoms with E-state index in [1.54, 1.807) is 4.68 Å². The van der Waals surface area contributed by atoms with Crippen LogP contribution < -0.4 is 0 Å². The Morgan fingerprint density at radius 2 is 2.40 bits per heavy atom. The Kier molecular flexibility index (Phi) is 4.61. The number of aromatic nitrogens is 2. The van der Waals surface area contributed by atoms with Crippen LogP contribution in [0.2, 0.25) is 0 Å². The lowest BCUT2D eigenvalue weighted by molar-refractivity contribution is -0.385. The van der Waals surface area contributed by atoms with Crippen LogP contribution in [-0.2, 0) is 6.54 Å². The van der Waals surface area contributed by atoms with Crippen LogP contribution >= 0.6 is 12.6 Å². The fraction of sp³-hybridized carbons (Fsp3) is 0.667. The van der Waals surface area contributed by atoms with Gasteiger partial charge in [0.25, 0.3) is 0 Å². The van der Waals surface area contributed by atoms with Crippen LogP contribution in [0, 0.1) is 16.0 Å². The summed E-state index contributed by atoms with van der Waals surface area (Å²) in [5.74, 6) is 1.45. The second-order valence-electron chi connectivity index (χ2n) is 3.62. The van der Waals surface area contributed by atoms with E-state index in [0.717, 1.165) is 25.1 Å². The molecular formula is C9H15N3O2S. The van der Waals surface area contributed by atoms with E-state index >= 15 is 0 Å². The van der Waals surface area contributed by atoms with E-state index in [-0.39, 0.29) is 5.69 Å². The van der Waals surface area contributed by atoms with Crippen LogP contribution in [-0.4, -0.2) is 20.5 Å². The number of hydrogen-bond acceptors (Lipinski definition) is 4. The van der Waals surface area contributed by atoms with E-state index in [4.69, 9.17) is 0 Å². The Bertz CT molecular complexity index is 327. The lowest BCUT2D eigenvalue weighted by atomic mass is 10.1. The van der Waals surface area contributed by atoms with E-state index in [1.165, 1.54) is 12.4 Å². The van der Waals surface area contributed by atoms with Gasteiger partial charge in [0.05, 0.1) is 4.92 Å². The van der Waals surface area contributed by atoms with E-state index in [2.05, 4.69) is 24.7 Å². The summed E-state index contributed by atoms with van der Waals surface area (Å²) in [7, 11) is 0. The topological polar surface area (TPSA) is 61.0 Å². The largest absolute Gasteiger partial charge is 0.306 e. The van der Waals surface area contributed by atoms with E-state index in [9.17, 15) is 10.1 Å². The first-order chi connectivity index (χ1) is 7.13. The average Bonchev–Trinajstić information content (AvgIpc) is 2.63. The lowest BCUT2D eigenvalue weighted by Crippen LogP contribution is -2.04. The molecule has 0 aliphatic heterocycles. The second-order valence-corrected chi connectivity index (χ2v) is 4.07. The standard InChI is InChI=1S/C9H15N3O2S/c1-8(3-5-15)2-4-11-7-9(6-10-11)12(13)14/h6-8,15H,2-5H2,1H3. The molecular weight excluding hydrogens is 214 g/mol. The van der Waals surface area contributed by atoms with Crippen molar-refractivity contribution in [3.63, 3.8) is 0 Å². The van der Waals surface area contributed by atoms with Gasteiger partial charge >= 0.3 is 5.69 Å². The van der Waals surface area contributed by atoms with Crippen molar-refractivity contribution >= 4 is 18.3 Å². The van der Waals surface area contributed by atoms with Crippen LogP contribution in [0.1, 0.15) is 19.8 Å². The molecule has 84 valence electrons. The van der Waals surface area contributed by atoms with Gasteiger partial charge in [0.2, 0.25) is 0 Å². The minimum absolute atomic E-state index is 0.0526. The zero-order valence-electron chi connectivity index (χ0n) is 8.67. The molecule has 5 nitrogen and oxygen atoms in total. The molecule has 0 radical (unpaired) electrons. The van der Waals surface area contributed by atoms with E-state index in [0.29, 0.717) is 5.92 Å². The van der Waals surface area contributed by atoms with Crippen LogP contribution in [0.5, 0.6) is 0 Å². The summed E-state index contributed by atoms with van der Waals surface area (Å²) in [5, 5.41) is 14.3. The van der Waals surface area contributed by atoms with Crippen molar-refractivity contribution in [2.24, 2.45) is 5.92 Å². The highest BCUT2D eigenvalue weighted by Crippen LogP contribution is 2.12. The summed E-state index contributed by atoms with van der Waals surface area (Å²) < 4.78 is 1.62. The van der Waals surface area contributed by atoms with Crippen LogP contribution in [0.3, 0.4) is 0 Å². The summed E-state index contributed by atoms with van der Waals surface area (Å²) in [4.78, 5) is 9.97. The van der Waals surface area contributed by atoms with Crippen molar-refractivity contribution in [1.82, 2.24) is 9.78 Å². The first kappa shape index (κ1) is 12.0. The van der Waals surface area contributed by atoms with Crippen molar-refractivity contribution in [3.05, 3.63) is 22.5 Å². The predicted octanol–water partition coefficient (Wildman–Crippen LogP) is 2.14. The summed E-state index contributed by atoms with van der Waals surface area (Å²) >= 11 is 4.16. The highest BCUT2D eigenvalue weighted by atomic mass is 32.1. The molecule has 0 N–H and O–H groups in total. The summed E-state index contributed by atoms with van der Waals surface area (Å²) in [6.07, 6.45) is 4.78. The molecule has 0 aliphatic carbocycles. The fourth-order valence-corrected chi connectivity index (χ4v) is 1.73. The molecule has 1 rings (SSSR count). The van der Waals surface area contributed by atoms with Gasteiger partial charge in [-0.2, -0.15) is 17.7 Å². The molecule has 1 aromatic rings. The van der Waals surface area contributed by atoms with Gasteiger partial charge < -0.3 is 0 Å². The molecule has 1 heterocycles. The Morgan fingerprint density at radius 1 is 1.67 bits per heavy atom. The van der Waals surface area contributed by atoms with Gasteiger partial charge in [-0.15, -0.1) is 0 Å². The Labute approximate surface area is 94.0 Å². The lowest BCUT2D eigenvalue weighted by Gasteiger charge is -2.08. The Hall–Kier alpha value is -1.04. The van der Waals surface area contributed by atoms with Crippen molar-refractivity contribution in [2.45, 2.75) is 26.3 Å². The van der Waals surface area contributed by atoms with Crippen molar-refractivity contribution in [3.8, 4) is 0 Å². The van der Waals surface area contributed by atoms with Gasteiger partial charge in [-0.1, -0.05) is 6.92 Å². The maximum Gasteiger partial charge on any atom is 0.306 e. The third-order valence-electron chi connectivity index (χ3n) is 2.30. The normalized spacial score (nSPS) is 12.7. The van der Waals surface area contributed by atoms with Gasteiger partial charge in [-0.05, 0) is 24.5 Å². The summed E-state index contributed by atoms with van der Waals surface area (Å²) in [5.41, 5.74) is 0.0526. The van der Waals surface area contributed by atoms with Crippen LogP contribution in [0.4, 0.5) is 5.69 Å². The number of nitro groups is 1. The zero-order valence-corrected chi connectivity index (χ0v) is 9.56. The number of rotatable bonds is 6. The molecule has 0 bridgehead atoms. The molecule has 0 aliphatic rings. The molecule has 0 amide bonds. The van der Waals surface area contributed by atoms with Crippen molar-refractivity contribution in [2.75, 3.05) is 5.75 Å². The monoisotopic (exact) mass is 229 g/mol. The molecule has 0 aromatic carbocycles. The minimum Gasteiger partial charge on any atom is -0.266 e. The predicted molar refractivity (Wildman–Crippen MR) is 61.1 cm³/mol. The second kappa shape index (κ2) is 5.75. The van der Waals surface area contributed by atoms with Gasteiger partial charge in [0.15, 0.2) is 0 Å². The smallest absolute Gasteiger partial charge is 0.266 e. The quantitative estimate of drug-likeness (QED) is 0.462. The third-order valence-corrected chi connectivity index (χ3v) is 2.56. The molecule has 6 heteroatoms. The Morgan fingerprint density at radius 3 is 2.93 bits per heavy atom. The number of hydrogen-bond donors (Lipinski definition) is 1. The zero-order chi connectivity index (χ0) is 11.3. The summed E-state index contributed by atoms with van der Waals surface area (Å²) in [6.45, 7) is 2.87. The SMILES string of the molecule is CC(CCS)CCn1cc([N+](=O)[O-])cn1. The number of aryl methyl sites for hydroxylation is 1. The molecule has 0 spiro atoms. The van der Waals surface area contributed by atoms with Crippen molar-refractivity contribution < 1.29 is 4.92 Å². The third kappa shape index (κ3) is 3.91. The summed E-state index contributed by atoms with van der Waals surface area (Å²) in [6, 6.07) is 0. The molecule has 0 saturated heterocycles. The highest BCUT2D eigenvalue weighted by molar-refractivity contribution is 7.80. The minimum atomic E-state index is -0.430. The first-order valence-electron chi connectivity index (χ1n) is 4.91.